The molecule has 0 aliphatic carbocycles. The molecule has 0 aromatic carbocycles. The van der Waals surface area contributed by atoms with Crippen molar-refractivity contribution in [3.63, 3.8) is 0 Å². The van der Waals surface area contributed by atoms with Gasteiger partial charge in [-0.1, -0.05) is 15.9 Å². The Kier molecular flexibility index (Phi) is 4.52. The van der Waals surface area contributed by atoms with E-state index >= 15 is 0 Å². The number of aromatic nitrogens is 1. The molecule has 0 saturated heterocycles. The molecule has 0 spiro atoms. The Balaban J connectivity index is 3.75. The maximum absolute atomic E-state index is 12.8. The lowest BCUT2D eigenvalue weighted by atomic mass is 10.1. The molecule has 0 aliphatic heterocycles. The van der Waals surface area contributed by atoms with Crippen LogP contribution in [0.3, 0.4) is 0 Å². The van der Waals surface area contributed by atoms with Crippen molar-refractivity contribution in [2.24, 2.45) is 5.14 Å². The van der Waals surface area contributed by atoms with E-state index in [1.54, 1.807) is 0 Å². The summed E-state index contributed by atoms with van der Waals surface area (Å²) in [4.78, 5) is 2.71. The van der Waals surface area contributed by atoms with E-state index < -0.39 is 49.8 Å². The fourth-order valence-corrected chi connectivity index (χ4v) is 2.50. The normalized spacial score (nSPS) is 13.1. The number of hydrogen-bond donors (Lipinski definition) is 1. The maximum Gasteiger partial charge on any atom is 0.433 e. The Morgan fingerprint density at radius 1 is 1.37 bits per heavy atom. The SMILES string of the molecule is NS(=O)(=O)c1nc(C(F)(F)F)cc(CBr)c1C(F)F. The monoisotopic (exact) mass is 368 g/mol. The zero-order chi connectivity index (χ0) is 15.0. The van der Waals surface area contributed by atoms with Gasteiger partial charge < -0.3 is 0 Å². The second-order valence-electron chi connectivity index (χ2n) is 3.36. The van der Waals surface area contributed by atoms with Gasteiger partial charge in [0, 0.05) is 5.33 Å². The third-order valence-electron chi connectivity index (χ3n) is 2.03. The van der Waals surface area contributed by atoms with Gasteiger partial charge in [-0.3, -0.25) is 0 Å². The van der Waals surface area contributed by atoms with Crippen LogP contribution in [0.2, 0.25) is 0 Å². The summed E-state index contributed by atoms with van der Waals surface area (Å²) in [5.74, 6) is 0. The Labute approximate surface area is 113 Å². The van der Waals surface area contributed by atoms with Crippen molar-refractivity contribution < 1.29 is 30.4 Å². The van der Waals surface area contributed by atoms with Crippen molar-refractivity contribution in [2.45, 2.75) is 23.0 Å². The van der Waals surface area contributed by atoms with Gasteiger partial charge in [0.15, 0.2) is 5.03 Å². The van der Waals surface area contributed by atoms with Crippen LogP contribution in [0.25, 0.3) is 0 Å². The molecule has 19 heavy (non-hydrogen) atoms. The molecule has 1 aromatic rings. The highest BCUT2D eigenvalue weighted by atomic mass is 79.9. The van der Waals surface area contributed by atoms with Crippen LogP contribution in [0, 0.1) is 0 Å². The van der Waals surface area contributed by atoms with Crippen LogP contribution in [0.5, 0.6) is 0 Å². The van der Waals surface area contributed by atoms with Crippen molar-refractivity contribution in [2.75, 3.05) is 0 Å². The smallest absolute Gasteiger partial charge is 0.230 e. The number of halogens is 6. The van der Waals surface area contributed by atoms with Crippen molar-refractivity contribution in [3.8, 4) is 0 Å². The zero-order valence-corrected chi connectivity index (χ0v) is 11.3. The zero-order valence-electron chi connectivity index (χ0n) is 8.88. The van der Waals surface area contributed by atoms with Gasteiger partial charge in [-0.15, -0.1) is 0 Å². The number of rotatable bonds is 3. The minimum absolute atomic E-state index is 0.352. The number of hydrogen-bond acceptors (Lipinski definition) is 3. The van der Waals surface area contributed by atoms with Gasteiger partial charge in [-0.2, -0.15) is 13.2 Å². The first-order valence-corrected chi connectivity index (χ1v) is 7.13. The standard InChI is InChI=1S/C8H6BrF5N2O2S/c9-2-3-1-4(8(12,13)14)16-7(19(15,17)18)5(3)6(10)11/h1,6H,2H2,(H2,15,17,18). The lowest BCUT2D eigenvalue weighted by molar-refractivity contribution is -0.141. The van der Waals surface area contributed by atoms with Crippen LogP contribution in [0.1, 0.15) is 23.2 Å². The second-order valence-corrected chi connectivity index (χ2v) is 5.40. The third kappa shape index (κ3) is 3.60. The van der Waals surface area contributed by atoms with Gasteiger partial charge in [-0.05, 0) is 11.6 Å². The third-order valence-corrected chi connectivity index (χ3v) is 3.49. The highest BCUT2D eigenvalue weighted by Crippen LogP contribution is 2.35. The molecule has 0 saturated carbocycles. The van der Waals surface area contributed by atoms with Crippen LogP contribution in [-0.2, 0) is 21.5 Å². The van der Waals surface area contributed by atoms with Gasteiger partial charge in [0.2, 0.25) is 0 Å². The number of primary sulfonamides is 1. The summed E-state index contributed by atoms with van der Waals surface area (Å²) in [5, 5.41) is 2.76. The first-order chi connectivity index (χ1) is 8.48. The molecular formula is C8H6BrF5N2O2S. The van der Waals surface area contributed by atoms with Crippen LogP contribution < -0.4 is 5.14 Å². The molecule has 1 aromatic heterocycles. The van der Waals surface area contributed by atoms with E-state index in [4.69, 9.17) is 0 Å². The Morgan fingerprint density at radius 2 is 1.89 bits per heavy atom. The van der Waals surface area contributed by atoms with Crippen molar-refractivity contribution in [1.82, 2.24) is 4.98 Å². The predicted octanol–water partition coefficient (Wildman–Crippen LogP) is 2.58. The maximum atomic E-state index is 12.8. The summed E-state index contributed by atoms with van der Waals surface area (Å²) in [6, 6.07) is 0.352. The van der Waals surface area contributed by atoms with Crippen molar-refractivity contribution in [3.05, 3.63) is 22.9 Å². The summed E-state index contributed by atoms with van der Waals surface area (Å²) < 4.78 is 85.3. The average Bonchev–Trinajstić information content (AvgIpc) is 2.24. The molecule has 108 valence electrons. The quantitative estimate of drug-likeness (QED) is 0.658. The van der Waals surface area contributed by atoms with Gasteiger partial charge in [0.05, 0.1) is 5.56 Å². The van der Waals surface area contributed by atoms with Crippen LogP contribution in [0.4, 0.5) is 22.0 Å². The molecule has 2 N–H and O–H groups in total. The topological polar surface area (TPSA) is 73.1 Å². The molecule has 0 amide bonds. The fourth-order valence-electron chi connectivity index (χ4n) is 1.29. The van der Waals surface area contributed by atoms with Gasteiger partial charge >= 0.3 is 6.18 Å². The van der Waals surface area contributed by atoms with Crippen LogP contribution in [-0.4, -0.2) is 13.4 Å². The van der Waals surface area contributed by atoms with Crippen molar-refractivity contribution >= 4 is 26.0 Å². The van der Waals surface area contributed by atoms with Gasteiger partial charge in [-0.25, -0.2) is 27.3 Å². The minimum atomic E-state index is -4.98. The first kappa shape index (κ1) is 16.2. The van der Waals surface area contributed by atoms with E-state index in [-0.39, 0.29) is 0 Å². The first-order valence-electron chi connectivity index (χ1n) is 4.46. The summed E-state index contributed by atoms with van der Waals surface area (Å²) in [6.07, 6.45) is -8.30. The van der Waals surface area contributed by atoms with Crippen molar-refractivity contribution in [1.29, 1.82) is 0 Å². The van der Waals surface area contributed by atoms with E-state index in [0.29, 0.717) is 6.07 Å². The summed E-state index contributed by atoms with van der Waals surface area (Å²) >= 11 is 2.71. The number of pyridine rings is 1. The predicted molar refractivity (Wildman–Crippen MR) is 58.2 cm³/mol. The lowest BCUT2D eigenvalue weighted by Crippen LogP contribution is -2.21. The molecule has 0 unspecified atom stereocenters. The molecular weight excluding hydrogens is 363 g/mol. The molecule has 11 heteroatoms. The van der Waals surface area contributed by atoms with Crippen LogP contribution >= 0.6 is 15.9 Å². The Morgan fingerprint density at radius 3 is 2.21 bits per heavy atom. The summed E-state index contributed by atoms with van der Waals surface area (Å²) in [5.41, 5.74) is -3.27. The number of alkyl halides is 6. The van der Waals surface area contributed by atoms with Gasteiger partial charge in [0.25, 0.3) is 16.4 Å². The van der Waals surface area contributed by atoms with E-state index in [0.717, 1.165) is 0 Å². The summed E-state index contributed by atoms with van der Waals surface area (Å²) in [6.45, 7) is 0. The molecule has 0 atom stereocenters. The molecule has 0 aliphatic rings. The molecule has 4 nitrogen and oxygen atoms in total. The average molecular weight is 369 g/mol. The van der Waals surface area contributed by atoms with Gasteiger partial charge in [0.1, 0.15) is 5.69 Å². The highest BCUT2D eigenvalue weighted by Gasteiger charge is 2.37. The molecule has 1 heterocycles. The number of sulfonamides is 1. The second kappa shape index (κ2) is 5.29. The number of nitrogens with two attached hydrogens (primary N) is 1. The number of nitrogens with zero attached hydrogens (tertiary/aromatic N) is 1. The summed E-state index contributed by atoms with van der Waals surface area (Å²) in [7, 11) is -4.81. The molecule has 0 radical (unpaired) electrons. The molecule has 0 fully saturated rings. The molecule has 0 bridgehead atoms. The fraction of sp³-hybridized carbons (Fsp3) is 0.375. The Hall–Kier alpha value is -0.810. The molecule has 1 rings (SSSR count). The lowest BCUT2D eigenvalue weighted by Gasteiger charge is -2.14. The van der Waals surface area contributed by atoms with Crippen LogP contribution in [0.15, 0.2) is 11.1 Å². The van der Waals surface area contributed by atoms with E-state index in [2.05, 4.69) is 26.1 Å². The highest BCUT2D eigenvalue weighted by molar-refractivity contribution is 9.08. The van der Waals surface area contributed by atoms with E-state index in [1.807, 2.05) is 0 Å². The van der Waals surface area contributed by atoms with E-state index in [1.165, 1.54) is 0 Å². The largest absolute Gasteiger partial charge is 0.433 e. The van der Waals surface area contributed by atoms with E-state index in [9.17, 15) is 30.4 Å². The Bertz CT molecular complexity index is 588. The minimum Gasteiger partial charge on any atom is -0.230 e.